The molecule has 2 fully saturated rings. The Morgan fingerprint density at radius 2 is 2.06 bits per heavy atom. The van der Waals surface area contributed by atoms with Crippen LogP contribution in [0.2, 0.25) is 0 Å². The molecule has 35 heavy (non-hydrogen) atoms. The molecular weight excluding hydrogens is 463 g/mol. The van der Waals surface area contributed by atoms with Crippen molar-refractivity contribution in [2.24, 2.45) is 5.92 Å². The van der Waals surface area contributed by atoms with Crippen LogP contribution in [0.25, 0.3) is 22.3 Å². The van der Waals surface area contributed by atoms with E-state index in [1.165, 1.54) is 31.5 Å². The highest BCUT2D eigenvalue weighted by Crippen LogP contribution is 2.37. The van der Waals surface area contributed by atoms with E-state index in [0.717, 1.165) is 17.7 Å². The van der Waals surface area contributed by atoms with Gasteiger partial charge in [0.25, 0.3) is 11.8 Å². The number of halogens is 3. The van der Waals surface area contributed by atoms with E-state index in [-0.39, 0.29) is 17.6 Å². The molecule has 0 spiro atoms. The molecule has 1 saturated heterocycles. The number of benzene rings is 1. The van der Waals surface area contributed by atoms with Crippen molar-refractivity contribution in [1.82, 2.24) is 25.2 Å². The quantitative estimate of drug-likeness (QED) is 0.555. The number of alkyl halides is 2. The molecule has 2 N–H and O–H groups in total. The third-order valence-electron chi connectivity index (χ3n) is 6.43. The normalized spacial score (nSPS) is 19.2. The van der Waals surface area contributed by atoms with Crippen LogP contribution in [0, 0.1) is 18.7 Å². The lowest BCUT2D eigenvalue weighted by molar-refractivity contribution is -0.129. The highest BCUT2D eigenvalue weighted by molar-refractivity contribution is 6.09. The summed E-state index contributed by atoms with van der Waals surface area (Å²) in [7, 11) is 0. The molecule has 0 radical (unpaired) electrons. The van der Waals surface area contributed by atoms with Crippen molar-refractivity contribution in [2.75, 3.05) is 19.7 Å². The maximum atomic E-state index is 14.4. The first-order chi connectivity index (χ1) is 16.6. The molecule has 0 bridgehead atoms. The van der Waals surface area contributed by atoms with E-state index in [1.54, 1.807) is 6.92 Å². The van der Waals surface area contributed by atoms with Gasteiger partial charge in [-0.15, -0.1) is 0 Å². The van der Waals surface area contributed by atoms with Gasteiger partial charge in [0.15, 0.2) is 0 Å². The van der Waals surface area contributed by atoms with Crippen LogP contribution in [0.5, 0.6) is 5.75 Å². The average Bonchev–Trinajstić information content (AvgIpc) is 3.49. The summed E-state index contributed by atoms with van der Waals surface area (Å²) >= 11 is 0. The average molecular weight is 487 g/mol. The molecule has 1 atom stereocenters. The number of ether oxygens (including phenoxy) is 1. The second kappa shape index (κ2) is 8.54. The molecule has 3 aromatic rings. The maximum absolute atomic E-state index is 14.4. The van der Waals surface area contributed by atoms with E-state index in [9.17, 15) is 22.8 Å². The van der Waals surface area contributed by atoms with E-state index >= 15 is 0 Å². The number of rotatable bonds is 6. The van der Waals surface area contributed by atoms with Crippen molar-refractivity contribution >= 4 is 22.8 Å². The molecule has 5 rings (SSSR count). The fourth-order valence-electron chi connectivity index (χ4n) is 4.31. The molecule has 3 heterocycles. The Hall–Kier alpha value is -3.63. The molecule has 1 aliphatic heterocycles. The number of nitrogens with zero attached hydrogens (tertiary/aromatic N) is 3. The van der Waals surface area contributed by atoms with Crippen LogP contribution >= 0.6 is 0 Å². The highest BCUT2D eigenvalue weighted by Gasteiger charge is 2.50. The SMILES string of the molecule is CC(=O)N1CC(NC(=O)c2c(C)[nH]c3c(-c4cc(F)ccc4OCC4CC4)ncnc23)C(F)(F)C1. The maximum Gasteiger partial charge on any atom is 0.286 e. The Balaban J connectivity index is 1.49. The Labute approximate surface area is 198 Å². The van der Waals surface area contributed by atoms with Gasteiger partial charge in [-0.3, -0.25) is 9.59 Å². The van der Waals surface area contributed by atoms with Gasteiger partial charge in [0, 0.05) is 24.7 Å². The summed E-state index contributed by atoms with van der Waals surface area (Å²) in [5.74, 6) is -4.06. The number of carbonyl (C=O) groups is 2. The van der Waals surface area contributed by atoms with Crippen LogP contribution in [0.15, 0.2) is 24.5 Å². The first-order valence-electron chi connectivity index (χ1n) is 11.3. The van der Waals surface area contributed by atoms with Gasteiger partial charge in [0.1, 0.15) is 35.1 Å². The van der Waals surface area contributed by atoms with Crippen molar-refractivity contribution < 1.29 is 27.5 Å². The summed E-state index contributed by atoms with van der Waals surface area (Å²) in [6.45, 7) is 2.29. The fraction of sp³-hybridized carbons (Fsp3) is 0.417. The van der Waals surface area contributed by atoms with Gasteiger partial charge >= 0.3 is 0 Å². The number of hydrogen-bond acceptors (Lipinski definition) is 5. The van der Waals surface area contributed by atoms with Gasteiger partial charge in [0.05, 0.1) is 24.2 Å². The van der Waals surface area contributed by atoms with Crippen LogP contribution in [0.4, 0.5) is 13.2 Å². The molecule has 1 unspecified atom stereocenters. The predicted octanol–water partition coefficient (Wildman–Crippen LogP) is 3.46. The largest absolute Gasteiger partial charge is 0.493 e. The highest BCUT2D eigenvalue weighted by atomic mass is 19.3. The van der Waals surface area contributed by atoms with Gasteiger partial charge in [-0.1, -0.05) is 0 Å². The third kappa shape index (κ3) is 4.42. The standard InChI is InChI=1S/C24H24F3N5O3/c1-12-19(23(34)31-18-8-32(13(2)33)10-24(18,26)27)21-22(30-12)20(28-11-29-21)16-7-15(25)5-6-17(16)35-9-14-3-4-14/h5-7,11,14,18,30H,3-4,8-10H2,1-2H3,(H,31,34). The van der Waals surface area contributed by atoms with Gasteiger partial charge in [-0.2, -0.15) is 0 Å². The van der Waals surface area contributed by atoms with Gasteiger partial charge in [0.2, 0.25) is 5.91 Å². The topological polar surface area (TPSA) is 100 Å². The lowest BCUT2D eigenvalue weighted by atomic mass is 10.1. The summed E-state index contributed by atoms with van der Waals surface area (Å²) in [5, 5.41) is 2.36. The third-order valence-corrected chi connectivity index (χ3v) is 6.43. The predicted molar refractivity (Wildman–Crippen MR) is 121 cm³/mol. The van der Waals surface area contributed by atoms with Crippen molar-refractivity contribution in [3.63, 3.8) is 0 Å². The Bertz CT molecular complexity index is 1320. The molecular formula is C24H24F3N5O3. The number of amides is 2. The molecule has 8 nitrogen and oxygen atoms in total. The molecule has 11 heteroatoms. The van der Waals surface area contributed by atoms with E-state index in [0.29, 0.717) is 40.7 Å². The fourth-order valence-corrected chi connectivity index (χ4v) is 4.31. The molecule has 1 aromatic carbocycles. The van der Waals surface area contributed by atoms with Crippen LogP contribution in [-0.4, -0.2) is 63.3 Å². The zero-order valence-electron chi connectivity index (χ0n) is 19.2. The summed E-state index contributed by atoms with van der Waals surface area (Å²) in [6.07, 6.45) is 3.42. The Morgan fingerprint density at radius 1 is 1.29 bits per heavy atom. The summed E-state index contributed by atoms with van der Waals surface area (Å²) in [5.41, 5.74) is 1.77. The van der Waals surface area contributed by atoms with E-state index in [1.807, 2.05) is 0 Å². The number of aryl methyl sites for hydroxylation is 1. The van der Waals surface area contributed by atoms with Crippen LogP contribution < -0.4 is 10.1 Å². The molecule has 1 aliphatic carbocycles. The lowest BCUT2D eigenvalue weighted by Gasteiger charge is -2.18. The lowest BCUT2D eigenvalue weighted by Crippen LogP contribution is -2.46. The number of carbonyl (C=O) groups excluding carboxylic acids is 2. The van der Waals surface area contributed by atoms with Gasteiger partial charge in [-0.25, -0.2) is 23.1 Å². The summed E-state index contributed by atoms with van der Waals surface area (Å²) in [4.78, 5) is 37.2. The zero-order valence-corrected chi connectivity index (χ0v) is 19.2. The number of fused-ring (bicyclic) bond motifs is 1. The minimum Gasteiger partial charge on any atom is -0.493 e. The number of hydrogen-bond donors (Lipinski definition) is 2. The first kappa shape index (κ1) is 23.1. The van der Waals surface area contributed by atoms with E-state index in [4.69, 9.17) is 4.74 Å². The number of aromatic amines is 1. The van der Waals surface area contributed by atoms with Crippen LogP contribution in [0.3, 0.4) is 0 Å². The Kier molecular flexibility index (Phi) is 5.65. The van der Waals surface area contributed by atoms with Gasteiger partial charge < -0.3 is 19.9 Å². The summed E-state index contributed by atoms with van der Waals surface area (Å²) in [6, 6.07) is 2.60. The number of nitrogens with one attached hydrogen (secondary N) is 2. The van der Waals surface area contributed by atoms with Crippen LogP contribution in [0.1, 0.15) is 35.8 Å². The van der Waals surface area contributed by atoms with E-state index < -0.39 is 36.1 Å². The number of likely N-dealkylation sites (tertiary alicyclic amines) is 1. The molecule has 2 amide bonds. The number of H-pyrrole nitrogens is 1. The number of aromatic nitrogens is 3. The van der Waals surface area contributed by atoms with E-state index in [2.05, 4.69) is 20.3 Å². The molecule has 2 aromatic heterocycles. The molecule has 184 valence electrons. The van der Waals surface area contributed by atoms with Crippen molar-refractivity contribution in [3.05, 3.63) is 41.6 Å². The second-order valence-electron chi connectivity index (χ2n) is 9.15. The Morgan fingerprint density at radius 3 is 2.74 bits per heavy atom. The second-order valence-corrected chi connectivity index (χ2v) is 9.15. The van der Waals surface area contributed by atoms with Crippen LogP contribution in [-0.2, 0) is 4.79 Å². The van der Waals surface area contributed by atoms with Crippen molar-refractivity contribution in [3.8, 4) is 17.0 Å². The monoisotopic (exact) mass is 487 g/mol. The van der Waals surface area contributed by atoms with Crippen molar-refractivity contribution in [2.45, 2.75) is 38.7 Å². The minimum atomic E-state index is -3.27. The summed E-state index contributed by atoms with van der Waals surface area (Å²) < 4.78 is 49.0. The van der Waals surface area contributed by atoms with Crippen molar-refractivity contribution in [1.29, 1.82) is 0 Å². The molecule has 1 saturated carbocycles. The van der Waals surface area contributed by atoms with Gasteiger partial charge in [-0.05, 0) is 43.9 Å². The zero-order chi connectivity index (χ0) is 24.9. The minimum absolute atomic E-state index is 0.0811. The first-order valence-corrected chi connectivity index (χ1v) is 11.3. The smallest absolute Gasteiger partial charge is 0.286 e. The molecule has 2 aliphatic rings.